The highest BCUT2D eigenvalue weighted by molar-refractivity contribution is 5.97. The Labute approximate surface area is 183 Å². The molecule has 0 saturated heterocycles. The number of aromatic nitrogens is 3. The Kier molecular flexibility index (Phi) is 5.27. The molecule has 4 aromatic rings. The average molecular weight is 425 g/mol. The quantitative estimate of drug-likeness (QED) is 0.446. The summed E-state index contributed by atoms with van der Waals surface area (Å²) in [5.41, 5.74) is 15.5. The Morgan fingerprint density at radius 1 is 1.12 bits per heavy atom. The second kappa shape index (κ2) is 8.20. The molecule has 9 heteroatoms. The van der Waals surface area contributed by atoms with Gasteiger partial charge in [0.2, 0.25) is 11.9 Å². The summed E-state index contributed by atoms with van der Waals surface area (Å²) in [5.74, 6) is -0.741. The minimum Gasteiger partial charge on any atom is -0.369 e. The Morgan fingerprint density at radius 2 is 1.88 bits per heavy atom. The molecule has 0 aliphatic heterocycles. The minimum atomic E-state index is -0.543. The first-order chi connectivity index (χ1) is 15.4. The molecule has 4 rings (SSSR count). The summed E-state index contributed by atoms with van der Waals surface area (Å²) in [4.78, 5) is 33.0. The summed E-state index contributed by atoms with van der Waals surface area (Å²) in [6, 6.07) is 15.7. The molecule has 0 radical (unpaired) electrons. The molecule has 0 fully saturated rings. The van der Waals surface area contributed by atoms with Gasteiger partial charge in [-0.05, 0) is 36.8 Å². The van der Waals surface area contributed by atoms with Crippen molar-refractivity contribution in [1.82, 2.24) is 19.7 Å². The third-order valence-corrected chi connectivity index (χ3v) is 4.93. The zero-order chi connectivity index (χ0) is 22.8. The molecule has 2 aromatic carbocycles. The molecule has 158 valence electrons. The fourth-order valence-electron chi connectivity index (χ4n) is 3.43. The third kappa shape index (κ3) is 3.61. The van der Waals surface area contributed by atoms with Gasteiger partial charge in [-0.25, -0.2) is 9.97 Å². The zero-order valence-corrected chi connectivity index (χ0v) is 17.2. The lowest BCUT2D eigenvalue weighted by molar-refractivity contribution is 0.0950. The van der Waals surface area contributed by atoms with Gasteiger partial charge in [0, 0.05) is 23.9 Å². The molecule has 2 heterocycles. The van der Waals surface area contributed by atoms with Crippen LogP contribution in [-0.4, -0.2) is 32.7 Å². The molecule has 0 aliphatic rings. The first kappa shape index (κ1) is 20.6. The fourth-order valence-corrected chi connectivity index (χ4v) is 3.43. The van der Waals surface area contributed by atoms with Gasteiger partial charge in [0.15, 0.2) is 5.65 Å². The van der Waals surface area contributed by atoms with Gasteiger partial charge in [-0.1, -0.05) is 24.3 Å². The Hall–Kier alpha value is -4.71. The van der Waals surface area contributed by atoms with Gasteiger partial charge in [-0.3, -0.25) is 14.0 Å². The number of carbonyl (C=O) groups excluding carboxylic acids is 2. The highest BCUT2D eigenvalue weighted by atomic mass is 16.2. The molecule has 32 heavy (non-hydrogen) atoms. The van der Waals surface area contributed by atoms with Crippen molar-refractivity contribution in [2.75, 3.05) is 12.3 Å². The van der Waals surface area contributed by atoms with Crippen molar-refractivity contribution in [1.29, 1.82) is 5.26 Å². The summed E-state index contributed by atoms with van der Waals surface area (Å²) < 4.78 is 1.54. The van der Waals surface area contributed by atoms with Crippen molar-refractivity contribution in [3.05, 3.63) is 71.5 Å². The Morgan fingerprint density at radius 3 is 2.53 bits per heavy atom. The topological polar surface area (TPSA) is 152 Å². The highest BCUT2D eigenvalue weighted by Gasteiger charge is 2.21. The van der Waals surface area contributed by atoms with Crippen LogP contribution < -0.4 is 16.8 Å². The van der Waals surface area contributed by atoms with E-state index >= 15 is 0 Å². The number of amides is 2. The maximum atomic E-state index is 12.4. The van der Waals surface area contributed by atoms with Crippen LogP contribution in [-0.2, 0) is 0 Å². The van der Waals surface area contributed by atoms with Crippen molar-refractivity contribution < 1.29 is 9.59 Å². The van der Waals surface area contributed by atoms with Gasteiger partial charge in [0.1, 0.15) is 5.69 Å². The smallest absolute Gasteiger partial charge is 0.271 e. The first-order valence-electron chi connectivity index (χ1n) is 9.80. The summed E-state index contributed by atoms with van der Waals surface area (Å²) in [6.45, 7) is 2.27. The normalized spacial score (nSPS) is 10.6. The lowest BCUT2D eigenvalue weighted by atomic mass is 9.98. The van der Waals surface area contributed by atoms with Gasteiger partial charge in [0.25, 0.3) is 5.91 Å². The van der Waals surface area contributed by atoms with E-state index in [1.54, 1.807) is 46.9 Å². The van der Waals surface area contributed by atoms with E-state index in [0.29, 0.717) is 45.7 Å². The Balaban J connectivity index is 2.03. The van der Waals surface area contributed by atoms with Gasteiger partial charge in [-0.15, -0.1) is 0 Å². The SMILES string of the molecule is CCNC(=O)c1cn2c(N)nc(-c3cccc(C#N)c3)c(-c3ccc(C(N)=O)cc3)c2n1. The lowest BCUT2D eigenvalue weighted by Gasteiger charge is -2.13. The largest absolute Gasteiger partial charge is 0.369 e. The third-order valence-electron chi connectivity index (χ3n) is 4.93. The number of fused-ring (bicyclic) bond motifs is 1. The molecule has 0 unspecified atom stereocenters. The van der Waals surface area contributed by atoms with E-state index < -0.39 is 5.91 Å². The second-order valence-corrected chi connectivity index (χ2v) is 7.01. The van der Waals surface area contributed by atoms with E-state index in [0.717, 1.165) is 0 Å². The molecule has 2 aromatic heterocycles. The van der Waals surface area contributed by atoms with Gasteiger partial charge in [-0.2, -0.15) is 5.26 Å². The van der Waals surface area contributed by atoms with E-state index in [4.69, 9.17) is 11.5 Å². The van der Waals surface area contributed by atoms with E-state index in [9.17, 15) is 14.9 Å². The van der Waals surface area contributed by atoms with Gasteiger partial charge in [0.05, 0.1) is 22.9 Å². The van der Waals surface area contributed by atoms with Crippen LogP contribution >= 0.6 is 0 Å². The van der Waals surface area contributed by atoms with Crippen molar-refractivity contribution in [2.45, 2.75) is 6.92 Å². The summed E-state index contributed by atoms with van der Waals surface area (Å²) in [6.07, 6.45) is 1.53. The predicted molar refractivity (Wildman–Crippen MR) is 120 cm³/mol. The van der Waals surface area contributed by atoms with Crippen molar-refractivity contribution in [2.24, 2.45) is 5.73 Å². The number of imidazole rings is 1. The van der Waals surface area contributed by atoms with E-state index in [1.807, 2.05) is 13.0 Å². The van der Waals surface area contributed by atoms with Gasteiger partial charge < -0.3 is 16.8 Å². The molecule has 0 spiro atoms. The first-order valence-corrected chi connectivity index (χ1v) is 9.80. The second-order valence-electron chi connectivity index (χ2n) is 7.01. The molecule has 0 bridgehead atoms. The highest BCUT2D eigenvalue weighted by Crippen LogP contribution is 2.35. The van der Waals surface area contributed by atoms with Crippen LogP contribution in [0.2, 0.25) is 0 Å². The number of nitrogen functional groups attached to an aromatic ring is 1. The maximum absolute atomic E-state index is 12.4. The number of anilines is 1. The number of nitriles is 1. The van der Waals surface area contributed by atoms with Crippen molar-refractivity contribution >= 4 is 23.4 Å². The number of benzene rings is 2. The lowest BCUT2D eigenvalue weighted by Crippen LogP contribution is -2.22. The number of hydrogen-bond acceptors (Lipinski definition) is 6. The van der Waals surface area contributed by atoms with Crippen LogP contribution in [0.3, 0.4) is 0 Å². The molecular weight excluding hydrogens is 406 g/mol. The van der Waals surface area contributed by atoms with Crippen LogP contribution in [0.1, 0.15) is 33.3 Å². The van der Waals surface area contributed by atoms with E-state index in [1.165, 1.54) is 6.20 Å². The molecule has 2 amide bonds. The van der Waals surface area contributed by atoms with Crippen LogP contribution in [0.15, 0.2) is 54.7 Å². The maximum Gasteiger partial charge on any atom is 0.271 e. The summed E-state index contributed by atoms with van der Waals surface area (Å²) >= 11 is 0. The number of primary amides is 1. The molecular formula is C23H19N7O2. The van der Waals surface area contributed by atoms with Crippen molar-refractivity contribution in [3.63, 3.8) is 0 Å². The monoisotopic (exact) mass is 425 g/mol. The van der Waals surface area contributed by atoms with E-state index in [-0.39, 0.29) is 17.5 Å². The molecule has 0 saturated carbocycles. The molecule has 5 N–H and O–H groups in total. The molecule has 9 nitrogen and oxygen atoms in total. The zero-order valence-electron chi connectivity index (χ0n) is 17.2. The standard InChI is InChI=1S/C23H19N7O2/c1-2-27-22(32)17-12-30-21(28-17)18(14-6-8-15(9-7-14)20(25)31)19(29-23(30)26)16-5-3-4-13(10-16)11-24/h3-10,12H,2H2,1H3,(H2,25,31)(H2,26,29)(H,27,32). The van der Waals surface area contributed by atoms with Crippen molar-refractivity contribution in [3.8, 4) is 28.5 Å². The number of nitrogens with zero attached hydrogens (tertiary/aromatic N) is 4. The summed E-state index contributed by atoms with van der Waals surface area (Å²) in [7, 11) is 0. The Bertz CT molecular complexity index is 1400. The number of rotatable bonds is 5. The summed E-state index contributed by atoms with van der Waals surface area (Å²) in [5, 5.41) is 12.0. The van der Waals surface area contributed by atoms with E-state index in [2.05, 4.69) is 21.4 Å². The van der Waals surface area contributed by atoms with Crippen LogP contribution in [0.4, 0.5) is 5.95 Å². The number of hydrogen-bond donors (Lipinski definition) is 3. The number of nitrogens with two attached hydrogens (primary N) is 2. The predicted octanol–water partition coefficient (Wildman–Crippen LogP) is 2.37. The minimum absolute atomic E-state index is 0.137. The van der Waals surface area contributed by atoms with Crippen LogP contribution in [0, 0.1) is 11.3 Å². The molecule has 0 aliphatic carbocycles. The molecule has 0 atom stereocenters. The van der Waals surface area contributed by atoms with Crippen LogP contribution in [0.5, 0.6) is 0 Å². The van der Waals surface area contributed by atoms with Gasteiger partial charge >= 0.3 is 0 Å². The van der Waals surface area contributed by atoms with Crippen LogP contribution in [0.25, 0.3) is 28.0 Å². The average Bonchev–Trinajstić information content (AvgIpc) is 3.25. The number of carbonyl (C=O) groups is 2. The number of nitrogens with one attached hydrogen (secondary N) is 1. The fraction of sp³-hybridized carbons (Fsp3) is 0.0870.